The van der Waals surface area contributed by atoms with Gasteiger partial charge in [0.1, 0.15) is 17.1 Å². The van der Waals surface area contributed by atoms with Gasteiger partial charge in [0.15, 0.2) is 12.4 Å². The number of carbonyl (C=O) groups is 2. The van der Waals surface area contributed by atoms with E-state index in [1.165, 1.54) is 18.1 Å². The molecular formula is C35H29Cl2FN6O5. The van der Waals surface area contributed by atoms with Gasteiger partial charge in [0.05, 0.1) is 65.8 Å². The van der Waals surface area contributed by atoms with Crippen LogP contribution in [0.1, 0.15) is 39.1 Å². The highest BCUT2D eigenvalue weighted by Gasteiger charge is 2.40. The van der Waals surface area contributed by atoms with E-state index in [0.717, 1.165) is 18.4 Å². The van der Waals surface area contributed by atoms with Gasteiger partial charge in [0, 0.05) is 35.5 Å². The van der Waals surface area contributed by atoms with Crippen molar-refractivity contribution in [1.82, 2.24) is 24.9 Å². The lowest BCUT2D eigenvalue weighted by atomic mass is 9.96. The fourth-order valence-electron chi connectivity index (χ4n) is 7.15. The summed E-state index contributed by atoms with van der Waals surface area (Å²) in [6.07, 6.45) is 3.47. The van der Waals surface area contributed by atoms with Gasteiger partial charge in [0.25, 0.3) is 5.91 Å². The van der Waals surface area contributed by atoms with Crippen LogP contribution < -0.4 is 9.64 Å². The van der Waals surface area contributed by atoms with Gasteiger partial charge < -0.3 is 24.0 Å². The van der Waals surface area contributed by atoms with Crippen molar-refractivity contribution in [1.29, 1.82) is 0 Å². The van der Waals surface area contributed by atoms with Crippen molar-refractivity contribution in [3.63, 3.8) is 0 Å². The average Bonchev–Trinajstić information content (AvgIpc) is 3.60. The predicted octanol–water partition coefficient (Wildman–Crippen LogP) is 6.29. The van der Waals surface area contributed by atoms with Gasteiger partial charge in [-0.2, -0.15) is 0 Å². The third-order valence-corrected chi connectivity index (χ3v) is 10.1. The summed E-state index contributed by atoms with van der Waals surface area (Å²) in [4.78, 5) is 34.7. The molecule has 11 nitrogen and oxygen atoms in total. The smallest absolute Gasteiger partial charge is 0.340 e. The highest BCUT2D eigenvalue weighted by molar-refractivity contribution is 6.40. The number of halogens is 3. The Morgan fingerprint density at radius 3 is 2.49 bits per heavy atom. The number of hydrogen-bond donors (Lipinski definition) is 0. The molecule has 8 rings (SSSR count). The van der Waals surface area contributed by atoms with Gasteiger partial charge in [-0.05, 0) is 48.7 Å². The Hall–Kier alpha value is -4.78. The third-order valence-electron chi connectivity index (χ3n) is 9.47. The van der Waals surface area contributed by atoms with E-state index in [0.29, 0.717) is 52.5 Å². The summed E-state index contributed by atoms with van der Waals surface area (Å²) in [7, 11) is 3.03. The maximum absolute atomic E-state index is 15.9. The molecule has 1 amide bonds. The molecule has 0 N–H and O–H groups in total. The second-order valence-electron chi connectivity index (χ2n) is 12.3. The first-order chi connectivity index (χ1) is 23.7. The van der Waals surface area contributed by atoms with E-state index in [9.17, 15) is 9.59 Å². The van der Waals surface area contributed by atoms with E-state index in [1.807, 2.05) is 6.07 Å². The summed E-state index contributed by atoms with van der Waals surface area (Å²) in [5.41, 5.74) is 4.91. The summed E-state index contributed by atoms with van der Waals surface area (Å²) >= 11 is 13.4. The number of para-hydroxylation sites is 1. The molecule has 2 atom stereocenters. The molecule has 3 aliphatic heterocycles. The van der Waals surface area contributed by atoms with Crippen LogP contribution in [0.4, 0.5) is 10.1 Å². The molecule has 2 saturated heterocycles. The van der Waals surface area contributed by atoms with Crippen LogP contribution in [0.15, 0.2) is 54.7 Å². The van der Waals surface area contributed by atoms with Crippen LogP contribution in [0, 0.1) is 5.82 Å². The van der Waals surface area contributed by atoms with Crippen molar-refractivity contribution in [3.05, 3.63) is 87.3 Å². The number of fused-ring (bicyclic) bond motifs is 4. The fourth-order valence-corrected chi connectivity index (χ4v) is 7.80. The second kappa shape index (κ2) is 12.3. The van der Waals surface area contributed by atoms with E-state index < -0.39 is 17.7 Å². The zero-order valence-electron chi connectivity index (χ0n) is 26.5. The number of aryl methyl sites for hydroxylation is 1. The van der Waals surface area contributed by atoms with Crippen LogP contribution in [0.3, 0.4) is 0 Å². The van der Waals surface area contributed by atoms with E-state index in [-0.39, 0.29) is 52.1 Å². The number of morpholine rings is 1. The van der Waals surface area contributed by atoms with Gasteiger partial charge in [0.2, 0.25) is 0 Å². The monoisotopic (exact) mass is 702 g/mol. The molecule has 0 spiro atoms. The molecule has 49 heavy (non-hydrogen) atoms. The number of nitrogens with zero attached hydrogens (tertiary/aromatic N) is 6. The molecule has 0 aliphatic carbocycles. The summed E-state index contributed by atoms with van der Waals surface area (Å²) in [5.74, 6) is -1.17. The van der Waals surface area contributed by atoms with Crippen molar-refractivity contribution >= 4 is 51.9 Å². The van der Waals surface area contributed by atoms with Crippen molar-refractivity contribution in [2.75, 3.05) is 32.0 Å². The van der Waals surface area contributed by atoms with E-state index in [2.05, 4.69) is 20.2 Å². The first kappa shape index (κ1) is 31.5. The number of carbonyl (C=O) groups excluding carboxylic acids is 2. The second-order valence-corrected chi connectivity index (χ2v) is 13.1. The number of esters is 1. The van der Waals surface area contributed by atoms with E-state index in [4.69, 9.17) is 37.4 Å². The molecule has 14 heteroatoms. The Balaban J connectivity index is 1.11. The Kier molecular flexibility index (Phi) is 7.89. The van der Waals surface area contributed by atoms with Crippen LogP contribution in [-0.4, -0.2) is 75.9 Å². The molecule has 0 radical (unpaired) electrons. The molecular weight excluding hydrogens is 674 g/mol. The largest absolute Gasteiger partial charge is 0.472 e. The van der Waals surface area contributed by atoms with E-state index in [1.54, 1.807) is 54.3 Å². The highest BCUT2D eigenvalue weighted by Crippen LogP contribution is 2.44. The van der Waals surface area contributed by atoms with Crippen molar-refractivity contribution in [2.24, 2.45) is 7.05 Å². The van der Waals surface area contributed by atoms with E-state index >= 15 is 4.39 Å². The molecule has 2 aromatic heterocycles. The number of benzene rings is 3. The number of pyridine rings is 1. The maximum Gasteiger partial charge on any atom is 0.340 e. The van der Waals surface area contributed by atoms with Crippen LogP contribution >= 0.6 is 23.2 Å². The van der Waals surface area contributed by atoms with Crippen molar-refractivity contribution in [2.45, 2.75) is 31.5 Å². The van der Waals surface area contributed by atoms with Gasteiger partial charge >= 0.3 is 5.97 Å². The van der Waals surface area contributed by atoms with Gasteiger partial charge in [-0.25, -0.2) is 18.9 Å². The SMILES string of the molecule is COC(=O)c1cc(F)c(-c2cccc3c2OCN(C(=O)c2c(Cl)cc(-c4ccnc5c4nnn5C)cc2Cl)C3)cc1N1C2CCC1COC2. The Morgan fingerprint density at radius 2 is 1.76 bits per heavy atom. The number of aromatic nitrogens is 4. The van der Waals surface area contributed by atoms with Gasteiger partial charge in [-0.3, -0.25) is 4.79 Å². The lowest BCUT2D eigenvalue weighted by Gasteiger charge is -2.37. The molecule has 3 aromatic carbocycles. The summed E-state index contributed by atoms with van der Waals surface area (Å²) in [5, 5.41) is 8.59. The normalized spacial score (nSPS) is 18.4. The number of amides is 1. The van der Waals surface area contributed by atoms with Crippen LogP contribution in [0.25, 0.3) is 33.4 Å². The summed E-state index contributed by atoms with van der Waals surface area (Å²) < 4.78 is 34.4. The molecule has 2 bridgehead atoms. The molecule has 5 aromatic rings. The summed E-state index contributed by atoms with van der Waals surface area (Å²) in [6, 6.07) is 13.6. The number of anilines is 1. The average molecular weight is 704 g/mol. The Morgan fingerprint density at radius 1 is 1.00 bits per heavy atom. The first-order valence-corrected chi connectivity index (χ1v) is 16.4. The molecule has 250 valence electrons. The number of methoxy groups -OCH3 is 1. The van der Waals surface area contributed by atoms with Gasteiger partial charge in [-0.1, -0.05) is 46.6 Å². The first-order valence-electron chi connectivity index (χ1n) is 15.7. The highest BCUT2D eigenvalue weighted by atomic mass is 35.5. The topological polar surface area (TPSA) is 112 Å². The van der Waals surface area contributed by atoms with Crippen LogP contribution in [0.2, 0.25) is 10.0 Å². The molecule has 3 aliphatic rings. The summed E-state index contributed by atoms with van der Waals surface area (Å²) in [6.45, 7) is 1.11. The molecule has 2 fully saturated rings. The zero-order valence-corrected chi connectivity index (χ0v) is 28.0. The quantitative estimate of drug-likeness (QED) is 0.195. The number of rotatable bonds is 5. The minimum atomic E-state index is -0.611. The lowest BCUT2D eigenvalue weighted by Crippen LogP contribution is -2.46. The molecule has 2 unspecified atom stereocenters. The predicted molar refractivity (Wildman–Crippen MR) is 180 cm³/mol. The third kappa shape index (κ3) is 5.25. The Labute approximate surface area is 290 Å². The fraction of sp³-hybridized carbons (Fsp3) is 0.286. The minimum absolute atomic E-state index is 0.0754. The zero-order chi connectivity index (χ0) is 34.0. The number of hydrogen-bond acceptors (Lipinski definition) is 9. The molecule has 5 heterocycles. The standard InChI is InChI=1S/C35H29Cl2FN6O5/c1-42-33-31(40-41-42)22(8-9-39-33)19-10-26(36)30(27(37)11-19)34(45)43-14-18-4-3-5-23(32(18)49-17-43)24-13-29(25(12-28(24)38)35(46)47-2)44-20-6-7-21(44)16-48-15-20/h3-5,8-13,20-21H,6-7,14-17H2,1-2H3. The van der Waals surface area contributed by atoms with Crippen molar-refractivity contribution < 1.29 is 28.2 Å². The van der Waals surface area contributed by atoms with Crippen molar-refractivity contribution in [3.8, 4) is 28.0 Å². The minimum Gasteiger partial charge on any atom is -0.472 e. The Bertz CT molecular complexity index is 2140. The lowest BCUT2D eigenvalue weighted by molar-refractivity contribution is 0.0515. The van der Waals surface area contributed by atoms with Gasteiger partial charge in [-0.15, -0.1) is 5.10 Å². The number of ether oxygens (including phenoxy) is 3. The van der Waals surface area contributed by atoms with Crippen LogP contribution in [-0.2, 0) is 23.1 Å². The van der Waals surface area contributed by atoms with Crippen LogP contribution in [0.5, 0.6) is 5.75 Å². The maximum atomic E-state index is 15.9. The molecule has 0 saturated carbocycles.